The fourth-order valence-electron chi connectivity index (χ4n) is 5.29. The van der Waals surface area contributed by atoms with Gasteiger partial charge in [-0.05, 0) is 56.3 Å². The summed E-state index contributed by atoms with van der Waals surface area (Å²) < 4.78 is 4.67. The molecule has 4 bridgehead atoms. The van der Waals surface area contributed by atoms with Crippen molar-refractivity contribution in [3.8, 4) is 0 Å². The number of esters is 1. The van der Waals surface area contributed by atoms with E-state index in [9.17, 15) is 9.59 Å². The highest BCUT2D eigenvalue weighted by Crippen LogP contribution is 2.61. The van der Waals surface area contributed by atoms with Gasteiger partial charge in [-0.3, -0.25) is 0 Å². The number of hydrogen-bond acceptors (Lipinski definition) is 3. The third-order valence-electron chi connectivity index (χ3n) is 5.39. The minimum absolute atomic E-state index is 0.0258. The smallest absolute Gasteiger partial charge is 0.375 e. The van der Waals surface area contributed by atoms with Crippen LogP contribution in [0.25, 0.3) is 0 Å². The molecule has 1 heterocycles. The van der Waals surface area contributed by atoms with Crippen LogP contribution in [0.2, 0.25) is 0 Å². The quantitative estimate of drug-likeness (QED) is 0.557. The van der Waals surface area contributed by atoms with Crippen LogP contribution in [0.3, 0.4) is 0 Å². The number of carbonyl (C=O) groups excluding carboxylic acids is 2. The van der Waals surface area contributed by atoms with Gasteiger partial charge in [0.05, 0.1) is 0 Å². The molecule has 5 fully saturated rings. The Morgan fingerprint density at radius 2 is 1.53 bits per heavy atom. The van der Waals surface area contributed by atoms with Crippen molar-refractivity contribution in [2.24, 2.45) is 23.2 Å². The van der Waals surface area contributed by atoms with Gasteiger partial charge < -0.3 is 10.1 Å². The molecule has 0 aromatic rings. The summed E-state index contributed by atoms with van der Waals surface area (Å²) in [5.41, 5.74) is 0.0258. The molecule has 1 saturated heterocycles. The molecule has 5 aliphatic rings. The van der Waals surface area contributed by atoms with Crippen molar-refractivity contribution < 1.29 is 14.3 Å². The average molecular weight is 235 g/mol. The van der Waals surface area contributed by atoms with E-state index in [2.05, 4.69) is 10.1 Å². The minimum atomic E-state index is -0.546. The highest BCUT2D eigenvalue weighted by Gasteiger charge is 2.58. The number of nitrogens with one attached hydrogen (secondary N) is 1. The standard InChI is InChI=1S/C13H17NO3/c15-11-10(14-12(16)17-11)13-4-7-1-8(5-13)3-9(2-7)6-13/h7-10H,1-6H2,(H,14,16). The fourth-order valence-corrected chi connectivity index (χ4v) is 5.29. The summed E-state index contributed by atoms with van der Waals surface area (Å²) in [5, 5.41) is 2.75. The second kappa shape index (κ2) is 3.03. The first-order chi connectivity index (χ1) is 8.14. The molecule has 92 valence electrons. The SMILES string of the molecule is O=C1NC(C23CC4CC(CC(C4)C2)C3)C(=O)O1. The molecule has 1 unspecified atom stereocenters. The van der Waals surface area contributed by atoms with Gasteiger partial charge >= 0.3 is 12.1 Å². The van der Waals surface area contributed by atoms with Crippen LogP contribution in [0, 0.1) is 23.2 Å². The molecule has 4 heteroatoms. The summed E-state index contributed by atoms with van der Waals surface area (Å²) in [6.45, 7) is 0. The zero-order chi connectivity index (χ0) is 11.6. The van der Waals surface area contributed by atoms with Gasteiger partial charge in [0.15, 0.2) is 0 Å². The molecule has 0 radical (unpaired) electrons. The summed E-state index contributed by atoms with van der Waals surface area (Å²) in [4.78, 5) is 23.0. The highest BCUT2D eigenvalue weighted by molar-refractivity contribution is 5.96. The predicted octanol–water partition coefficient (Wildman–Crippen LogP) is 1.84. The number of cyclic esters (lactones) is 2. The Balaban J connectivity index is 1.68. The molecule has 0 spiro atoms. The number of rotatable bonds is 1. The lowest BCUT2D eigenvalue weighted by Gasteiger charge is -2.57. The first-order valence-electron chi connectivity index (χ1n) is 6.67. The number of alkyl carbamates (subject to hydrolysis) is 1. The fraction of sp³-hybridized carbons (Fsp3) is 0.846. The molecule has 1 N–H and O–H groups in total. The van der Waals surface area contributed by atoms with E-state index in [4.69, 9.17) is 0 Å². The third kappa shape index (κ3) is 1.30. The first-order valence-corrected chi connectivity index (χ1v) is 6.67. The van der Waals surface area contributed by atoms with E-state index in [1.54, 1.807) is 0 Å². The Bertz CT molecular complexity index is 368. The van der Waals surface area contributed by atoms with Crippen LogP contribution in [-0.2, 0) is 9.53 Å². The molecular formula is C13H17NO3. The molecule has 1 atom stereocenters. The predicted molar refractivity (Wildman–Crippen MR) is 59.0 cm³/mol. The number of ether oxygens (including phenoxy) is 1. The van der Waals surface area contributed by atoms with Crippen LogP contribution in [0.1, 0.15) is 38.5 Å². The van der Waals surface area contributed by atoms with E-state index in [0.717, 1.165) is 37.0 Å². The minimum Gasteiger partial charge on any atom is -0.375 e. The summed E-state index contributed by atoms with van der Waals surface area (Å²) in [5.74, 6) is 2.02. The van der Waals surface area contributed by atoms with Crippen molar-refractivity contribution in [1.29, 1.82) is 0 Å². The maximum absolute atomic E-state index is 11.8. The Morgan fingerprint density at radius 1 is 1.00 bits per heavy atom. The van der Waals surface area contributed by atoms with Crippen LogP contribution in [0.15, 0.2) is 0 Å². The van der Waals surface area contributed by atoms with Crippen LogP contribution >= 0.6 is 0 Å². The van der Waals surface area contributed by atoms with Crippen LogP contribution in [0.5, 0.6) is 0 Å². The van der Waals surface area contributed by atoms with Gasteiger partial charge in [0.1, 0.15) is 6.04 Å². The second-order valence-corrected chi connectivity index (χ2v) is 6.57. The molecular weight excluding hydrogens is 218 g/mol. The van der Waals surface area contributed by atoms with Crippen LogP contribution in [0.4, 0.5) is 4.79 Å². The van der Waals surface area contributed by atoms with E-state index in [0.29, 0.717) is 0 Å². The normalized spacial score (nSPS) is 51.5. The molecule has 1 aliphatic heterocycles. The number of carbonyl (C=O) groups is 2. The lowest BCUT2D eigenvalue weighted by Crippen LogP contribution is -2.56. The topological polar surface area (TPSA) is 55.4 Å². The number of amides is 1. The van der Waals surface area contributed by atoms with E-state index >= 15 is 0 Å². The van der Waals surface area contributed by atoms with Crippen molar-refractivity contribution in [2.75, 3.05) is 0 Å². The zero-order valence-electron chi connectivity index (χ0n) is 9.78. The molecule has 4 aliphatic carbocycles. The lowest BCUT2D eigenvalue weighted by atomic mass is 9.48. The average Bonchev–Trinajstić information content (AvgIpc) is 2.56. The van der Waals surface area contributed by atoms with Gasteiger partial charge in [0.25, 0.3) is 0 Å². The van der Waals surface area contributed by atoms with Crippen molar-refractivity contribution in [2.45, 2.75) is 44.6 Å². The molecule has 4 saturated carbocycles. The van der Waals surface area contributed by atoms with Crippen molar-refractivity contribution in [1.82, 2.24) is 5.32 Å². The first kappa shape index (κ1) is 9.92. The Labute approximate surface area is 100 Å². The lowest BCUT2D eigenvalue weighted by molar-refractivity contribution is -0.144. The monoisotopic (exact) mass is 235 g/mol. The molecule has 0 aromatic heterocycles. The Kier molecular flexibility index (Phi) is 1.77. The van der Waals surface area contributed by atoms with E-state index < -0.39 is 6.09 Å². The van der Waals surface area contributed by atoms with Gasteiger partial charge in [-0.2, -0.15) is 0 Å². The maximum Gasteiger partial charge on any atom is 0.415 e. The van der Waals surface area contributed by atoms with Crippen LogP contribution in [-0.4, -0.2) is 18.1 Å². The van der Waals surface area contributed by atoms with E-state index in [1.165, 1.54) is 19.3 Å². The second-order valence-electron chi connectivity index (χ2n) is 6.57. The van der Waals surface area contributed by atoms with Gasteiger partial charge in [0, 0.05) is 5.41 Å². The van der Waals surface area contributed by atoms with Gasteiger partial charge in [-0.15, -0.1) is 0 Å². The van der Waals surface area contributed by atoms with Gasteiger partial charge in [-0.25, -0.2) is 9.59 Å². The summed E-state index contributed by atoms with van der Waals surface area (Å²) >= 11 is 0. The Morgan fingerprint density at radius 3 is 1.94 bits per heavy atom. The molecule has 5 rings (SSSR count). The molecule has 4 nitrogen and oxygen atoms in total. The van der Waals surface area contributed by atoms with Gasteiger partial charge in [0.2, 0.25) is 0 Å². The van der Waals surface area contributed by atoms with Crippen LogP contribution < -0.4 is 5.32 Å². The summed E-state index contributed by atoms with van der Waals surface area (Å²) in [6, 6.07) is -0.358. The number of hydrogen-bond donors (Lipinski definition) is 1. The summed E-state index contributed by atoms with van der Waals surface area (Å²) in [6.07, 6.45) is 6.81. The van der Waals surface area contributed by atoms with Gasteiger partial charge in [-0.1, -0.05) is 0 Å². The van der Waals surface area contributed by atoms with E-state index in [1.807, 2.05) is 0 Å². The van der Waals surface area contributed by atoms with Crippen molar-refractivity contribution in [3.05, 3.63) is 0 Å². The largest absolute Gasteiger partial charge is 0.415 e. The van der Waals surface area contributed by atoms with Crippen molar-refractivity contribution in [3.63, 3.8) is 0 Å². The highest BCUT2D eigenvalue weighted by atomic mass is 16.6. The Hall–Kier alpha value is -1.06. The van der Waals surface area contributed by atoms with E-state index in [-0.39, 0.29) is 17.4 Å². The molecule has 1 amide bonds. The maximum atomic E-state index is 11.8. The molecule has 17 heavy (non-hydrogen) atoms. The molecule has 0 aromatic carbocycles. The third-order valence-corrected chi connectivity index (χ3v) is 5.39. The zero-order valence-corrected chi connectivity index (χ0v) is 9.78. The van der Waals surface area contributed by atoms with Crippen molar-refractivity contribution >= 4 is 12.1 Å². The summed E-state index contributed by atoms with van der Waals surface area (Å²) in [7, 11) is 0.